The van der Waals surface area contributed by atoms with Crippen LogP contribution in [0.15, 0.2) is 48.7 Å². The van der Waals surface area contributed by atoms with Crippen molar-refractivity contribution < 1.29 is 13.9 Å². The van der Waals surface area contributed by atoms with Gasteiger partial charge >= 0.3 is 5.97 Å². The van der Waals surface area contributed by atoms with Crippen LogP contribution in [0.4, 0.5) is 10.3 Å². The van der Waals surface area contributed by atoms with Gasteiger partial charge in [-0.25, -0.2) is 19.0 Å². The molecule has 0 aliphatic heterocycles. The van der Waals surface area contributed by atoms with E-state index in [1.54, 1.807) is 23.0 Å². The number of halogens is 1. The van der Waals surface area contributed by atoms with Crippen LogP contribution in [0.5, 0.6) is 0 Å². The Morgan fingerprint density at radius 1 is 1.16 bits per heavy atom. The molecule has 1 atom stereocenters. The highest BCUT2D eigenvalue weighted by atomic mass is 19.1. The predicted molar refractivity (Wildman–Crippen MR) is 133 cm³/mol. The van der Waals surface area contributed by atoms with Crippen LogP contribution in [-0.2, 0) is 21.5 Å². The minimum atomic E-state index is -0.685. The Bertz CT molecular complexity index is 1500. The van der Waals surface area contributed by atoms with Crippen molar-refractivity contribution in [2.45, 2.75) is 38.6 Å². The van der Waals surface area contributed by atoms with E-state index in [4.69, 9.17) is 20.7 Å². The number of nitrogens with zero attached hydrogens (tertiary/aromatic N) is 7. The van der Waals surface area contributed by atoms with Gasteiger partial charge in [0, 0.05) is 16.7 Å². The quantitative estimate of drug-likeness (QED) is 0.358. The van der Waals surface area contributed by atoms with E-state index < -0.39 is 11.2 Å². The third-order valence-electron chi connectivity index (χ3n) is 6.23. The minimum Gasteiger partial charge on any atom is -0.469 e. The molecule has 10 nitrogen and oxygen atoms in total. The van der Waals surface area contributed by atoms with E-state index in [1.165, 1.54) is 19.2 Å². The lowest BCUT2D eigenvalue weighted by molar-refractivity contribution is -0.142. The molecule has 37 heavy (non-hydrogen) atoms. The zero-order chi connectivity index (χ0) is 26.6. The molecule has 1 aromatic carbocycles. The number of methoxy groups -OCH3 is 1. The zero-order valence-electron chi connectivity index (χ0n) is 20.6. The van der Waals surface area contributed by atoms with Gasteiger partial charge in [0.15, 0.2) is 0 Å². The van der Waals surface area contributed by atoms with Gasteiger partial charge in [-0.3, -0.25) is 9.78 Å². The predicted octanol–water partition coefficient (Wildman–Crippen LogP) is 3.67. The largest absolute Gasteiger partial charge is 0.469 e. The number of benzene rings is 1. The highest BCUT2D eigenvalue weighted by Crippen LogP contribution is 2.31. The summed E-state index contributed by atoms with van der Waals surface area (Å²) in [5.41, 5.74) is 7.97. The lowest BCUT2D eigenvalue weighted by Crippen LogP contribution is -2.27. The van der Waals surface area contributed by atoms with Crippen molar-refractivity contribution in [1.82, 2.24) is 29.9 Å². The standard InChI is InChI=1S/C26H25FN8O2/c1-4-26(2,12-23(36)37-3)22-10-6-8-17(30-22)14-35-15-21(33-34-35)20-11-19(31-25(29)32-20)18-9-5-7-16(13-28)24(18)27/h5-11,15H,4,12,14H2,1-3H3,(H2,29,31,32). The summed E-state index contributed by atoms with van der Waals surface area (Å²) in [5.74, 6) is -1.04. The molecule has 0 saturated carbocycles. The van der Waals surface area contributed by atoms with Crippen molar-refractivity contribution in [1.29, 1.82) is 5.26 Å². The van der Waals surface area contributed by atoms with Gasteiger partial charge in [0.05, 0.1) is 48.9 Å². The number of carbonyl (C=O) groups excluding carboxylic acids is 1. The van der Waals surface area contributed by atoms with Crippen molar-refractivity contribution in [2.24, 2.45) is 0 Å². The number of nitriles is 1. The summed E-state index contributed by atoms with van der Waals surface area (Å²) in [6, 6.07) is 13.5. The van der Waals surface area contributed by atoms with Gasteiger partial charge < -0.3 is 10.5 Å². The Kier molecular flexibility index (Phi) is 7.20. The number of ether oxygens (including phenoxy) is 1. The molecule has 188 valence electrons. The number of hydrogen-bond donors (Lipinski definition) is 1. The van der Waals surface area contributed by atoms with Crippen molar-refractivity contribution in [3.8, 4) is 28.7 Å². The molecule has 3 heterocycles. The molecule has 0 fully saturated rings. The first kappa shape index (κ1) is 25.4. The third-order valence-corrected chi connectivity index (χ3v) is 6.23. The second-order valence-corrected chi connectivity index (χ2v) is 8.76. The fourth-order valence-electron chi connectivity index (χ4n) is 3.90. The molecule has 0 aliphatic rings. The summed E-state index contributed by atoms with van der Waals surface area (Å²) in [6.07, 6.45) is 2.61. The highest BCUT2D eigenvalue weighted by Gasteiger charge is 2.30. The lowest BCUT2D eigenvalue weighted by Gasteiger charge is -2.26. The monoisotopic (exact) mass is 500 g/mol. The van der Waals surface area contributed by atoms with Crippen molar-refractivity contribution in [2.75, 3.05) is 12.8 Å². The van der Waals surface area contributed by atoms with E-state index in [9.17, 15) is 9.18 Å². The summed E-state index contributed by atoms with van der Waals surface area (Å²) in [6.45, 7) is 4.31. The van der Waals surface area contributed by atoms with Crippen LogP contribution in [0.3, 0.4) is 0 Å². The van der Waals surface area contributed by atoms with Gasteiger partial charge in [0.1, 0.15) is 17.6 Å². The van der Waals surface area contributed by atoms with Gasteiger partial charge in [-0.2, -0.15) is 5.26 Å². The number of nitrogen functional groups attached to an aromatic ring is 1. The Hall–Kier alpha value is -4.72. The van der Waals surface area contributed by atoms with E-state index in [2.05, 4.69) is 20.3 Å². The van der Waals surface area contributed by atoms with E-state index >= 15 is 0 Å². The second kappa shape index (κ2) is 10.5. The molecule has 1 unspecified atom stereocenters. The number of nitrogens with two attached hydrogens (primary N) is 1. The number of aromatic nitrogens is 6. The summed E-state index contributed by atoms with van der Waals surface area (Å²) in [5, 5.41) is 17.5. The average molecular weight is 501 g/mol. The zero-order valence-corrected chi connectivity index (χ0v) is 20.6. The number of carbonyl (C=O) groups is 1. The van der Waals surface area contributed by atoms with Gasteiger partial charge in [0.2, 0.25) is 5.95 Å². The third kappa shape index (κ3) is 5.43. The van der Waals surface area contributed by atoms with Crippen LogP contribution in [0, 0.1) is 17.1 Å². The van der Waals surface area contributed by atoms with E-state index in [0.717, 1.165) is 11.4 Å². The molecule has 2 N–H and O–H groups in total. The summed E-state index contributed by atoms with van der Waals surface area (Å²) in [7, 11) is 1.37. The van der Waals surface area contributed by atoms with Gasteiger partial charge in [-0.15, -0.1) is 5.10 Å². The van der Waals surface area contributed by atoms with Crippen molar-refractivity contribution >= 4 is 11.9 Å². The first-order valence-corrected chi connectivity index (χ1v) is 11.5. The van der Waals surface area contributed by atoms with E-state index in [1.807, 2.05) is 38.1 Å². The first-order valence-electron chi connectivity index (χ1n) is 11.5. The van der Waals surface area contributed by atoms with Crippen LogP contribution in [0.2, 0.25) is 0 Å². The fourth-order valence-corrected chi connectivity index (χ4v) is 3.90. The summed E-state index contributed by atoms with van der Waals surface area (Å²) < 4.78 is 21.2. The molecular formula is C26H25FN8O2. The maximum Gasteiger partial charge on any atom is 0.306 e. The van der Waals surface area contributed by atoms with Crippen molar-refractivity contribution in [3.05, 3.63) is 71.4 Å². The molecule has 0 bridgehead atoms. The SMILES string of the molecule is CCC(C)(CC(=O)OC)c1cccc(Cn2cc(-c3cc(-c4cccc(C#N)c4F)nc(N)n3)nn2)n1. The molecule has 0 amide bonds. The normalized spacial score (nSPS) is 12.5. The van der Waals surface area contributed by atoms with Crippen LogP contribution in [-0.4, -0.2) is 43.0 Å². The summed E-state index contributed by atoms with van der Waals surface area (Å²) >= 11 is 0. The molecule has 0 aliphatic carbocycles. The number of rotatable bonds is 8. The molecular weight excluding hydrogens is 475 g/mol. The topological polar surface area (TPSA) is 145 Å². The Balaban J connectivity index is 1.61. The molecule has 0 spiro atoms. The van der Waals surface area contributed by atoms with Crippen LogP contribution < -0.4 is 5.73 Å². The number of pyridine rings is 1. The maximum atomic E-state index is 14.7. The van der Waals surface area contributed by atoms with E-state index in [-0.39, 0.29) is 35.2 Å². The number of hydrogen-bond acceptors (Lipinski definition) is 9. The Morgan fingerprint density at radius 2 is 1.92 bits per heavy atom. The molecule has 4 aromatic rings. The van der Waals surface area contributed by atoms with Gasteiger partial charge in [-0.05, 0) is 36.8 Å². The fraction of sp³-hybridized carbons (Fsp3) is 0.269. The Morgan fingerprint density at radius 3 is 2.65 bits per heavy atom. The summed E-state index contributed by atoms with van der Waals surface area (Å²) in [4.78, 5) is 25.0. The second-order valence-electron chi connectivity index (χ2n) is 8.76. The van der Waals surface area contributed by atoms with Gasteiger partial charge in [0.25, 0.3) is 0 Å². The molecule has 3 aromatic heterocycles. The number of anilines is 1. The Labute approximate surface area is 213 Å². The van der Waals surface area contributed by atoms with Crippen LogP contribution in [0.1, 0.15) is 43.6 Å². The smallest absolute Gasteiger partial charge is 0.306 e. The molecule has 11 heteroatoms. The van der Waals surface area contributed by atoms with Crippen LogP contribution in [0.25, 0.3) is 22.6 Å². The number of esters is 1. The average Bonchev–Trinajstić information content (AvgIpc) is 3.37. The van der Waals surface area contributed by atoms with Crippen molar-refractivity contribution in [3.63, 3.8) is 0 Å². The highest BCUT2D eigenvalue weighted by molar-refractivity contribution is 5.71. The molecule has 0 radical (unpaired) electrons. The maximum absolute atomic E-state index is 14.7. The van der Waals surface area contributed by atoms with E-state index in [0.29, 0.717) is 24.4 Å². The lowest BCUT2D eigenvalue weighted by atomic mass is 9.80. The van der Waals surface area contributed by atoms with Crippen LogP contribution >= 0.6 is 0 Å². The molecule has 4 rings (SSSR count). The first-order chi connectivity index (χ1) is 17.8. The molecule has 0 saturated heterocycles. The minimum absolute atomic E-state index is 0.0670. The van der Waals surface area contributed by atoms with Gasteiger partial charge in [-0.1, -0.05) is 31.2 Å².